The van der Waals surface area contributed by atoms with Crippen LogP contribution in [0.4, 0.5) is 0 Å². The van der Waals surface area contributed by atoms with Gasteiger partial charge in [0.2, 0.25) is 0 Å². The first-order valence-electron chi connectivity index (χ1n) is 9.89. The van der Waals surface area contributed by atoms with Crippen LogP contribution < -0.4 is 5.32 Å². The van der Waals surface area contributed by atoms with Crippen molar-refractivity contribution in [2.45, 2.75) is 37.5 Å². The molecule has 6 heteroatoms. The minimum atomic E-state index is -0.0991. The van der Waals surface area contributed by atoms with Gasteiger partial charge >= 0.3 is 0 Å². The van der Waals surface area contributed by atoms with Crippen LogP contribution in [0.1, 0.15) is 28.9 Å². The number of carbonyl (C=O) groups excluding carboxylic acids is 1. The van der Waals surface area contributed by atoms with E-state index in [4.69, 9.17) is 4.74 Å². The molecule has 2 fully saturated rings. The van der Waals surface area contributed by atoms with Crippen LogP contribution in [0.15, 0.2) is 54.6 Å². The van der Waals surface area contributed by atoms with E-state index in [9.17, 15) is 4.79 Å². The van der Waals surface area contributed by atoms with E-state index < -0.39 is 0 Å². The summed E-state index contributed by atoms with van der Waals surface area (Å²) < 4.78 is 5.82. The van der Waals surface area contributed by atoms with Gasteiger partial charge in [0.15, 0.2) is 5.69 Å². The number of carbonyl (C=O) groups is 1. The zero-order valence-electron chi connectivity index (χ0n) is 15.7. The van der Waals surface area contributed by atoms with Crippen molar-refractivity contribution in [1.82, 2.24) is 20.4 Å². The fourth-order valence-electron chi connectivity index (χ4n) is 4.55. The van der Waals surface area contributed by atoms with Crippen LogP contribution in [0.25, 0.3) is 10.9 Å². The van der Waals surface area contributed by atoms with Crippen LogP contribution in [-0.4, -0.2) is 52.3 Å². The quantitative estimate of drug-likeness (QED) is 0.735. The van der Waals surface area contributed by atoms with Crippen molar-refractivity contribution in [1.29, 1.82) is 0 Å². The van der Waals surface area contributed by atoms with Crippen LogP contribution in [0, 0.1) is 0 Å². The van der Waals surface area contributed by atoms with Gasteiger partial charge in [-0.15, -0.1) is 0 Å². The molecular weight excluding hydrogens is 352 g/mol. The van der Waals surface area contributed by atoms with E-state index in [0.29, 0.717) is 17.8 Å². The van der Waals surface area contributed by atoms with E-state index in [1.54, 1.807) is 0 Å². The van der Waals surface area contributed by atoms with Crippen LogP contribution in [-0.2, 0) is 11.3 Å². The molecule has 2 aliphatic rings. The van der Waals surface area contributed by atoms with Crippen LogP contribution in [0.3, 0.4) is 0 Å². The predicted octanol–water partition coefficient (Wildman–Crippen LogP) is 2.72. The Balaban J connectivity index is 1.29. The summed E-state index contributed by atoms with van der Waals surface area (Å²) in [6, 6.07) is 19.1. The lowest BCUT2D eigenvalue weighted by atomic mass is 9.89. The number of nitrogens with zero attached hydrogens (tertiary/aromatic N) is 2. The van der Waals surface area contributed by atoms with Crippen LogP contribution in [0.2, 0.25) is 0 Å². The van der Waals surface area contributed by atoms with E-state index in [1.807, 2.05) is 30.3 Å². The maximum absolute atomic E-state index is 12.8. The molecule has 2 N–H and O–H groups in total. The summed E-state index contributed by atoms with van der Waals surface area (Å²) in [7, 11) is 0. The molecule has 0 radical (unpaired) electrons. The Morgan fingerprint density at radius 3 is 2.57 bits per heavy atom. The van der Waals surface area contributed by atoms with Gasteiger partial charge in [0.25, 0.3) is 5.91 Å². The first-order valence-corrected chi connectivity index (χ1v) is 9.89. The summed E-state index contributed by atoms with van der Waals surface area (Å²) in [4.78, 5) is 15.4. The second-order valence-electron chi connectivity index (χ2n) is 7.76. The number of piperidine rings is 1. The van der Waals surface area contributed by atoms with Gasteiger partial charge in [-0.1, -0.05) is 48.5 Å². The van der Waals surface area contributed by atoms with Gasteiger partial charge in [0.05, 0.1) is 18.7 Å². The SMILES string of the molecule is O=C(N[C@H]1C[C@H]2COC[C@@H](C1)N2Cc1ccccc1)c1n[nH]c2ccccc12. The molecule has 1 aromatic heterocycles. The first-order chi connectivity index (χ1) is 13.8. The highest BCUT2D eigenvalue weighted by Crippen LogP contribution is 2.29. The zero-order valence-corrected chi connectivity index (χ0v) is 15.7. The first kappa shape index (κ1) is 17.4. The van der Waals surface area contributed by atoms with Gasteiger partial charge in [0, 0.05) is 30.1 Å². The Morgan fingerprint density at radius 1 is 1.07 bits per heavy atom. The highest BCUT2D eigenvalue weighted by Gasteiger charge is 2.39. The number of morpholine rings is 1. The lowest BCUT2D eigenvalue weighted by molar-refractivity contribution is -0.0843. The Hall–Kier alpha value is -2.70. The average Bonchev–Trinajstić information content (AvgIpc) is 3.14. The summed E-state index contributed by atoms with van der Waals surface area (Å²) >= 11 is 0. The number of ether oxygens (including phenoxy) is 1. The summed E-state index contributed by atoms with van der Waals surface area (Å²) in [6.07, 6.45) is 1.80. The Morgan fingerprint density at radius 2 is 1.79 bits per heavy atom. The topological polar surface area (TPSA) is 70.2 Å². The monoisotopic (exact) mass is 376 g/mol. The third kappa shape index (κ3) is 3.30. The van der Waals surface area contributed by atoms with Gasteiger partial charge in [-0.25, -0.2) is 0 Å². The lowest BCUT2D eigenvalue weighted by Crippen LogP contribution is -2.60. The Bertz CT molecular complexity index is 957. The molecule has 6 nitrogen and oxygen atoms in total. The van der Waals surface area contributed by atoms with Crippen molar-refractivity contribution >= 4 is 16.8 Å². The van der Waals surface area contributed by atoms with Crippen LogP contribution >= 0.6 is 0 Å². The van der Waals surface area contributed by atoms with Gasteiger partial charge in [-0.05, 0) is 24.5 Å². The van der Waals surface area contributed by atoms with Crippen molar-refractivity contribution in [3.63, 3.8) is 0 Å². The normalized spacial score (nSPS) is 24.9. The number of amides is 1. The minimum Gasteiger partial charge on any atom is -0.378 e. The number of aromatic amines is 1. The number of benzene rings is 2. The van der Waals surface area contributed by atoms with Gasteiger partial charge in [-0.3, -0.25) is 14.8 Å². The van der Waals surface area contributed by atoms with Gasteiger partial charge < -0.3 is 10.1 Å². The summed E-state index contributed by atoms with van der Waals surface area (Å²) in [5.74, 6) is -0.0991. The van der Waals surface area contributed by atoms with Crippen molar-refractivity contribution in [2.24, 2.45) is 0 Å². The van der Waals surface area contributed by atoms with E-state index in [0.717, 1.165) is 43.5 Å². The van der Waals surface area contributed by atoms with Crippen LogP contribution in [0.5, 0.6) is 0 Å². The minimum absolute atomic E-state index is 0.0991. The highest BCUT2D eigenvalue weighted by atomic mass is 16.5. The summed E-state index contributed by atoms with van der Waals surface area (Å²) in [5, 5.41) is 11.3. The van der Waals surface area contributed by atoms with Crippen molar-refractivity contribution < 1.29 is 9.53 Å². The molecule has 2 bridgehead atoms. The third-order valence-corrected chi connectivity index (χ3v) is 5.90. The molecule has 0 saturated carbocycles. The number of aromatic nitrogens is 2. The second kappa shape index (κ2) is 7.37. The van der Waals surface area contributed by atoms with Gasteiger partial charge in [-0.2, -0.15) is 5.10 Å². The lowest BCUT2D eigenvalue weighted by Gasteiger charge is -2.48. The van der Waals surface area contributed by atoms with E-state index in [-0.39, 0.29) is 11.9 Å². The van der Waals surface area contributed by atoms with Crippen molar-refractivity contribution in [3.05, 3.63) is 65.9 Å². The maximum Gasteiger partial charge on any atom is 0.272 e. The molecule has 0 unspecified atom stereocenters. The number of H-pyrrole nitrogens is 1. The van der Waals surface area contributed by atoms with Crippen molar-refractivity contribution in [3.8, 4) is 0 Å². The smallest absolute Gasteiger partial charge is 0.272 e. The molecule has 3 aromatic rings. The predicted molar refractivity (Wildman–Crippen MR) is 107 cm³/mol. The van der Waals surface area contributed by atoms with E-state index >= 15 is 0 Å². The molecule has 2 saturated heterocycles. The molecule has 0 spiro atoms. The Labute approximate surface area is 163 Å². The largest absolute Gasteiger partial charge is 0.378 e. The molecule has 28 heavy (non-hydrogen) atoms. The number of rotatable bonds is 4. The molecule has 3 heterocycles. The van der Waals surface area contributed by atoms with Gasteiger partial charge in [0.1, 0.15) is 0 Å². The van der Waals surface area contributed by atoms with E-state index in [1.165, 1.54) is 5.56 Å². The number of hydrogen-bond acceptors (Lipinski definition) is 4. The average molecular weight is 376 g/mol. The van der Waals surface area contributed by atoms with E-state index in [2.05, 4.69) is 44.7 Å². The molecule has 1 amide bonds. The number of hydrogen-bond donors (Lipinski definition) is 2. The molecular formula is C22H24N4O2. The Kier molecular flexibility index (Phi) is 4.58. The molecule has 2 aromatic carbocycles. The molecule has 0 aliphatic carbocycles. The molecule has 144 valence electrons. The fraction of sp³-hybridized carbons (Fsp3) is 0.364. The third-order valence-electron chi connectivity index (χ3n) is 5.90. The fourth-order valence-corrected chi connectivity index (χ4v) is 4.55. The maximum atomic E-state index is 12.8. The molecule has 3 atom stereocenters. The summed E-state index contributed by atoms with van der Waals surface area (Å²) in [5.41, 5.74) is 2.68. The number of nitrogens with one attached hydrogen (secondary N) is 2. The van der Waals surface area contributed by atoms with Crippen molar-refractivity contribution in [2.75, 3.05) is 13.2 Å². The standard InChI is InChI=1S/C22H24N4O2/c27-22(21-19-8-4-5-9-20(19)24-25-21)23-16-10-17-13-28-14-18(11-16)26(17)12-15-6-2-1-3-7-15/h1-9,16-18H,10-14H2,(H,23,27)(H,24,25)/t16-,17-,18+. The second-order valence-corrected chi connectivity index (χ2v) is 7.76. The summed E-state index contributed by atoms with van der Waals surface area (Å²) in [6.45, 7) is 2.38. The molecule has 5 rings (SSSR count). The molecule has 2 aliphatic heterocycles. The number of para-hydroxylation sites is 1. The number of fused-ring (bicyclic) bond motifs is 3. The zero-order chi connectivity index (χ0) is 18.9. The highest BCUT2D eigenvalue weighted by molar-refractivity contribution is 6.04.